The third-order valence-corrected chi connectivity index (χ3v) is 3.58. The largest absolute Gasteiger partial charge is 0.409 e. The maximum absolute atomic E-state index is 11.9. The predicted molar refractivity (Wildman–Crippen MR) is 75.1 cm³/mol. The Balaban J connectivity index is 2.58. The zero-order chi connectivity index (χ0) is 14.4. The van der Waals surface area contributed by atoms with E-state index in [4.69, 9.17) is 10.9 Å². The molecule has 1 heterocycles. The van der Waals surface area contributed by atoms with Gasteiger partial charge in [-0.2, -0.15) is 0 Å². The normalized spacial score (nSPS) is 19.8. The van der Waals surface area contributed by atoms with Gasteiger partial charge in [0.25, 0.3) is 0 Å². The Morgan fingerprint density at radius 3 is 2.32 bits per heavy atom. The number of hydrogen-bond acceptors (Lipinski definition) is 4. The molecule has 1 rings (SSSR count). The molecule has 1 unspecified atom stereocenters. The molecule has 0 bridgehead atoms. The van der Waals surface area contributed by atoms with Crippen LogP contribution in [-0.2, 0) is 4.79 Å². The molecule has 1 atom stereocenters. The maximum atomic E-state index is 11.9. The number of carbonyl (C=O) groups excluding carboxylic acids is 1. The van der Waals surface area contributed by atoms with E-state index in [-0.39, 0.29) is 23.7 Å². The monoisotopic (exact) mass is 270 g/mol. The van der Waals surface area contributed by atoms with Crippen molar-refractivity contribution >= 4 is 11.7 Å². The van der Waals surface area contributed by atoms with Gasteiger partial charge in [-0.1, -0.05) is 32.3 Å². The molecule has 0 aromatic carbocycles. The van der Waals surface area contributed by atoms with E-state index in [1.165, 1.54) is 0 Å². The van der Waals surface area contributed by atoms with Crippen molar-refractivity contribution in [3.8, 4) is 0 Å². The third-order valence-electron chi connectivity index (χ3n) is 3.58. The van der Waals surface area contributed by atoms with E-state index in [1.807, 2.05) is 18.7 Å². The van der Waals surface area contributed by atoms with E-state index in [2.05, 4.69) is 17.0 Å². The van der Waals surface area contributed by atoms with Crippen LogP contribution >= 0.6 is 0 Å². The molecule has 1 saturated heterocycles. The molecule has 0 radical (unpaired) electrons. The van der Waals surface area contributed by atoms with Gasteiger partial charge in [-0.25, -0.2) is 0 Å². The van der Waals surface area contributed by atoms with Gasteiger partial charge in [0.1, 0.15) is 0 Å². The lowest BCUT2D eigenvalue weighted by molar-refractivity contribution is -0.136. The first-order valence-corrected chi connectivity index (χ1v) is 7.01. The van der Waals surface area contributed by atoms with Gasteiger partial charge in [0.05, 0.1) is 6.04 Å². The minimum absolute atomic E-state index is 0.0219. The smallest absolute Gasteiger partial charge is 0.225 e. The molecule has 0 spiro atoms. The first-order chi connectivity index (χ1) is 9.01. The SMILES string of the molecule is CCCC(C(N)=NO)N1CCN(C(=O)C(C)C)CC1. The highest BCUT2D eigenvalue weighted by Gasteiger charge is 2.28. The number of hydrogen-bond donors (Lipinski definition) is 2. The van der Waals surface area contributed by atoms with Crippen molar-refractivity contribution in [3.05, 3.63) is 0 Å². The van der Waals surface area contributed by atoms with Crippen LogP contribution in [0.1, 0.15) is 33.6 Å². The highest BCUT2D eigenvalue weighted by molar-refractivity contribution is 5.85. The lowest BCUT2D eigenvalue weighted by Crippen LogP contribution is -2.55. The first kappa shape index (κ1) is 15.8. The van der Waals surface area contributed by atoms with Crippen LogP contribution in [0, 0.1) is 5.92 Å². The molecule has 1 fully saturated rings. The number of amidine groups is 1. The summed E-state index contributed by atoms with van der Waals surface area (Å²) in [6.45, 7) is 8.91. The molecular formula is C13H26N4O2. The van der Waals surface area contributed by atoms with E-state index in [0.29, 0.717) is 0 Å². The van der Waals surface area contributed by atoms with Crippen molar-refractivity contribution in [3.63, 3.8) is 0 Å². The number of nitrogens with two attached hydrogens (primary N) is 1. The molecule has 19 heavy (non-hydrogen) atoms. The Morgan fingerprint density at radius 1 is 1.32 bits per heavy atom. The van der Waals surface area contributed by atoms with E-state index in [1.54, 1.807) is 0 Å². The molecule has 1 aliphatic rings. The van der Waals surface area contributed by atoms with E-state index < -0.39 is 0 Å². The molecule has 3 N–H and O–H groups in total. The minimum Gasteiger partial charge on any atom is -0.409 e. The number of amides is 1. The zero-order valence-corrected chi connectivity index (χ0v) is 12.2. The van der Waals surface area contributed by atoms with Gasteiger partial charge in [-0.3, -0.25) is 9.69 Å². The van der Waals surface area contributed by atoms with Crippen LogP contribution in [0.2, 0.25) is 0 Å². The molecular weight excluding hydrogens is 244 g/mol. The molecule has 1 amide bonds. The lowest BCUT2D eigenvalue weighted by atomic mass is 10.1. The average molecular weight is 270 g/mol. The van der Waals surface area contributed by atoms with Crippen molar-refractivity contribution < 1.29 is 10.0 Å². The summed E-state index contributed by atoms with van der Waals surface area (Å²) in [5.41, 5.74) is 5.75. The second kappa shape index (κ2) is 7.33. The fourth-order valence-corrected chi connectivity index (χ4v) is 2.48. The Kier molecular flexibility index (Phi) is 6.08. The molecule has 6 nitrogen and oxygen atoms in total. The summed E-state index contributed by atoms with van der Waals surface area (Å²) in [7, 11) is 0. The highest BCUT2D eigenvalue weighted by Crippen LogP contribution is 2.13. The van der Waals surface area contributed by atoms with E-state index in [9.17, 15) is 4.79 Å². The van der Waals surface area contributed by atoms with Crippen LogP contribution in [0.5, 0.6) is 0 Å². The van der Waals surface area contributed by atoms with Crippen LogP contribution in [0.15, 0.2) is 5.16 Å². The highest BCUT2D eigenvalue weighted by atomic mass is 16.4. The maximum Gasteiger partial charge on any atom is 0.225 e. The Bertz CT molecular complexity index is 323. The number of oxime groups is 1. The minimum atomic E-state index is -0.0219. The van der Waals surface area contributed by atoms with Crippen molar-refractivity contribution in [2.45, 2.75) is 39.7 Å². The molecule has 0 aromatic heterocycles. The number of carbonyl (C=O) groups is 1. The van der Waals surface area contributed by atoms with Gasteiger partial charge in [0.15, 0.2) is 5.84 Å². The fourth-order valence-electron chi connectivity index (χ4n) is 2.48. The Labute approximate surface area is 115 Å². The van der Waals surface area contributed by atoms with Gasteiger partial charge < -0.3 is 15.8 Å². The van der Waals surface area contributed by atoms with E-state index in [0.717, 1.165) is 39.0 Å². The van der Waals surface area contributed by atoms with Crippen molar-refractivity contribution in [1.82, 2.24) is 9.80 Å². The summed E-state index contributed by atoms with van der Waals surface area (Å²) in [6, 6.07) is -0.0219. The van der Waals surface area contributed by atoms with Crippen molar-refractivity contribution in [2.24, 2.45) is 16.8 Å². The van der Waals surface area contributed by atoms with Gasteiger partial charge in [0, 0.05) is 32.1 Å². The van der Waals surface area contributed by atoms with Gasteiger partial charge in [-0.05, 0) is 6.42 Å². The third kappa shape index (κ3) is 4.09. The van der Waals surface area contributed by atoms with Gasteiger partial charge in [-0.15, -0.1) is 0 Å². The second-order valence-electron chi connectivity index (χ2n) is 5.35. The standard InChI is InChI=1S/C13H26N4O2/c1-4-5-11(12(14)15-19)16-6-8-17(9-7-16)13(18)10(2)3/h10-11,19H,4-9H2,1-3H3,(H2,14,15). The van der Waals surface area contributed by atoms with Gasteiger partial charge in [0.2, 0.25) is 5.91 Å². The zero-order valence-electron chi connectivity index (χ0n) is 12.2. The number of piperazine rings is 1. The summed E-state index contributed by atoms with van der Waals surface area (Å²) < 4.78 is 0. The van der Waals surface area contributed by atoms with Crippen molar-refractivity contribution in [1.29, 1.82) is 0 Å². The van der Waals surface area contributed by atoms with Gasteiger partial charge >= 0.3 is 0 Å². The summed E-state index contributed by atoms with van der Waals surface area (Å²) in [6.07, 6.45) is 1.85. The predicted octanol–water partition coefficient (Wildman–Crippen LogP) is 0.702. The van der Waals surface area contributed by atoms with Crippen LogP contribution in [0.3, 0.4) is 0 Å². The molecule has 1 aliphatic heterocycles. The topological polar surface area (TPSA) is 82.2 Å². The molecule has 0 aliphatic carbocycles. The van der Waals surface area contributed by atoms with Crippen LogP contribution in [-0.4, -0.2) is 59.0 Å². The lowest BCUT2D eigenvalue weighted by Gasteiger charge is -2.39. The summed E-state index contributed by atoms with van der Waals surface area (Å²) in [4.78, 5) is 16.0. The van der Waals surface area contributed by atoms with Crippen LogP contribution < -0.4 is 5.73 Å². The quantitative estimate of drug-likeness (QED) is 0.333. The molecule has 110 valence electrons. The van der Waals surface area contributed by atoms with E-state index >= 15 is 0 Å². The Morgan fingerprint density at radius 2 is 1.89 bits per heavy atom. The number of nitrogens with zero attached hydrogens (tertiary/aromatic N) is 3. The van der Waals surface area contributed by atoms with Crippen LogP contribution in [0.25, 0.3) is 0 Å². The summed E-state index contributed by atoms with van der Waals surface area (Å²) in [5, 5.41) is 12.0. The molecule has 0 saturated carbocycles. The molecule has 6 heteroatoms. The fraction of sp³-hybridized carbons (Fsp3) is 0.846. The molecule has 0 aromatic rings. The summed E-state index contributed by atoms with van der Waals surface area (Å²) >= 11 is 0. The average Bonchev–Trinajstić information content (AvgIpc) is 2.43. The first-order valence-electron chi connectivity index (χ1n) is 7.01. The second-order valence-corrected chi connectivity index (χ2v) is 5.35. The number of rotatable bonds is 5. The van der Waals surface area contributed by atoms with Crippen molar-refractivity contribution in [2.75, 3.05) is 26.2 Å². The summed E-state index contributed by atoms with van der Waals surface area (Å²) in [5.74, 6) is 0.517. The Hall–Kier alpha value is -1.30. The van der Waals surface area contributed by atoms with Crippen LogP contribution in [0.4, 0.5) is 0 Å².